The van der Waals surface area contributed by atoms with Crippen molar-refractivity contribution in [3.05, 3.63) is 29.8 Å². The molecular formula is C23H34N4O5. The molecular weight excluding hydrogens is 412 g/mol. The number of methoxy groups -OCH3 is 2. The zero-order valence-electron chi connectivity index (χ0n) is 19.4. The molecule has 1 N–H and O–H groups in total. The molecule has 4 amide bonds. The highest BCUT2D eigenvalue weighted by Gasteiger charge is 2.49. The number of fused-ring (bicyclic) bond motifs is 1. The van der Waals surface area contributed by atoms with Gasteiger partial charge in [0.25, 0.3) is 0 Å². The second kappa shape index (κ2) is 10.7. The number of rotatable bonds is 10. The first-order valence-corrected chi connectivity index (χ1v) is 11.1. The van der Waals surface area contributed by atoms with Crippen molar-refractivity contribution < 1.29 is 23.9 Å². The maximum absolute atomic E-state index is 13.1. The molecule has 3 rings (SSSR count). The van der Waals surface area contributed by atoms with E-state index in [1.807, 2.05) is 38.1 Å². The Kier molecular flexibility index (Phi) is 7.95. The normalized spacial score (nSPS) is 20.7. The van der Waals surface area contributed by atoms with Crippen LogP contribution in [0.5, 0.6) is 5.75 Å². The largest absolute Gasteiger partial charge is 0.497 e. The van der Waals surface area contributed by atoms with Gasteiger partial charge in [0.15, 0.2) is 0 Å². The lowest BCUT2D eigenvalue weighted by atomic mass is 9.97. The Labute approximate surface area is 189 Å². The molecule has 9 nitrogen and oxygen atoms in total. The third kappa shape index (κ3) is 5.51. The minimum Gasteiger partial charge on any atom is -0.497 e. The van der Waals surface area contributed by atoms with Gasteiger partial charge in [-0.2, -0.15) is 0 Å². The molecule has 0 aromatic heterocycles. The Morgan fingerprint density at radius 1 is 1.12 bits per heavy atom. The first-order chi connectivity index (χ1) is 15.3. The van der Waals surface area contributed by atoms with Gasteiger partial charge in [0.1, 0.15) is 18.3 Å². The smallest absolute Gasteiger partial charge is 0.321 e. The molecule has 2 fully saturated rings. The predicted molar refractivity (Wildman–Crippen MR) is 119 cm³/mol. The molecule has 2 saturated heterocycles. The minimum atomic E-state index is -0.495. The SMILES string of the molecule is COCCN1C[C@@H]2CN(CC(=O)NCc3ccc(OC)cc3)C(=O)N2[C@@H](CC(C)C)C1=O. The van der Waals surface area contributed by atoms with Crippen molar-refractivity contribution in [1.82, 2.24) is 20.0 Å². The van der Waals surface area contributed by atoms with Gasteiger partial charge in [0, 0.05) is 33.3 Å². The minimum absolute atomic E-state index is 0.0252. The average molecular weight is 447 g/mol. The summed E-state index contributed by atoms with van der Waals surface area (Å²) in [6.07, 6.45) is 0.599. The van der Waals surface area contributed by atoms with Crippen molar-refractivity contribution in [1.29, 1.82) is 0 Å². The number of carbonyl (C=O) groups excluding carboxylic acids is 3. The number of urea groups is 1. The van der Waals surface area contributed by atoms with Crippen molar-refractivity contribution in [3.63, 3.8) is 0 Å². The number of carbonyl (C=O) groups is 3. The van der Waals surface area contributed by atoms with Crippen LogP contribution in [0.2, 0.25) is 0 Å². The number of nitrogens with zero attached hydrogens (tertiary/aromatic N) is 3. The highest BCUT2D eigenvalue weighted by atomic mass is 16.5. The third-order valence-electron chi connectivity index (χ3n) is 5.92. The molecule has 0 spiro atoms. The van der Waals surface area contributed by atoms with Crippen LogP contribution in [0.4, 0.5) is 4.79 Å². The molecule has 0 aliphatic carbocycles. The van der Waals surface area contributed by atoms with E-state index < -0.39 is 6.04 Å². The molecule has 0 saturated carbocycles. The van der Waals surface area contributed by atoms with Gasteiger partial charge in [-0.25, -0.2) is 4.79 Å². The monoisotopic (exact) mass is 446 g/mol. The van der Waals surface area contributed by atoms with Crippen LogP contribution in [-0.4, -0.2) is 91.6 Å². The van der Waals surface area contributed by atoms with Gasteiger partial charge in [-0.15, -0.1) is 0 Å². The summed E-state index contributed by atoms with van der Waals surface area (Å²) in [6.45, 7) is 6.29. The van der Waals surface area contributed by atoms with Gasteiger partial charge in [-0.05, 0) is 30.0 Å². The first kappa shape index (κ1) is 23.8. The van der Waals surface area contributed by atoms with E-state index in [1.165, 1.54) is 0 Å². The lowest BCUT2D eigenvalue weighted by molar-refractivity contribution is -0.143. The first-order valence-electron chi connectivity index (χ1n) is 11.1. The number of amides is 4. The number of piperazine rings is 1. The van der Waals surface area contributed by atoms with Crippen LogP contribution < -0.4 is 10.1 Å². The van der Waals surface area contributed by atoms with Crippen molar-refractivity contribution in [2.45, 2.75) is 38.9 Å². The Balaban J connectivity index is 1.62. The summed E-state index contributed by atoms with van der Waals surface area (Å²) in [5, 5.41) is 2.87. The van der Waals surface area contributed by atoms with E-state index in [2.05, 4.69) is 5.32 Å². The van der Waals surface area contributed by atoms with Crippen LogP contribution in [0, 0.1) is 5.92 Å². The molecule has 0 radical (unpaired) electrons. The highest BCUT2D eigenvalue weighted by molar-refractivity contribution is 5.91. The number of hydrogen-bond donors (Lipinski definition) is 1. The maximum Gasteiger partial charge on any atom is 0.321 e. The molecule has 2 aliphatic rings. The molecule has 2 atom stereocenters. The molecule has 1 aromatic rings. The zero-order valence-corrected chi connectivity index (χ0v) is 19.4. The Hall–Kier alpha value is -2.81. The molecule has 2 aliphatic heterocycles. The lowest BCUT2D eigenvalue weighted by Gasteiger charge is -2.42. The number of hydrogen-bond acceptors (Lipinski definition) is 5. The van der Waals surface area contributed by atoms with Gasteiger partial charge in [0.2, 0.25) is 11.8 Å². The second-order valence-electron chi connectivity index (χ2n) is 8.77. The van der Waals surface area contributed by atoms with Gasteiger partial charge in [0.05, 0.1) is 19.8 Å². The fraction of sp³-hybridized carbons (Fsp3) is 0.609. The summed E-state index contributed by atoms with van der Waals surface area (Å²) in [7, 11) is 3.21. The summed E-state index contributed by atoms with van der Waals surface area (Å²) in [5.74, 6) is 0.759. The van der Waals surface area contributed by atoms with E-state index in [0.717, 1.165) is 11.3 Å². The fourth-order valence-electron chi connectivity index (χ4n) is 4.32. The Morgan fingerprint density at radius 2 is 1.81 bits per heavy atom. The van der Waals surface area contributed by atoms with Gasteiger partial charge in [-0.3, -0.25) is 9.59 Å². The molecule has 9 heteroatoms. The molecule has 32 heavy (non-hydrogen) atoms. The number of benzene rings is 1. The van der Waals surface area contributed by atoms with Gasteiger partial charge < -0.3 is 29.5 Å². The van der Waals surface area contributed by atoms with Crippen molar-refractivity contribution >= 4 is 17.8 Å². The quantitative estimate of drug-likeness (QED) is 0.585. The second-order valence-corrected chi connectivity index (χ2v) is 8.77. The van der Waals surface area contributed by atoms with Crippen LogP contribution in [0.15, 0.2) is 24.3 Å². The van der Waals surface area contributed by atoms with Gasteiger partial charge >= 0.3 is 6.03 Å². The summed E-state index contributed by atoms with van der Waals surface area (Å²) >= 11 is 0. The van der Waals surface area contributed by atoms with E-state index in [-0.39, 0.29) is 36.3 Å². The third-order valence-corrected chi connectivity index (χ3v) is 5.92. The predicted octanol–water partition coefficient (Wildman–Crippen LogP) is 1.32. The summed E-state index contributed by atoms with van der Waals surface area (Å²) < 4.78 is 10.3. The van der Waals surface area contributed by atoms with Crippen LogP contribution in [0.3, 0.4) is 0 Å². The van der Waals surface area contributed by atoms with E-state index in [4.69, 9.17) is 9.47 Å². The van der Waals surface area contributed by atoms with Crippen LogP contribution in [0.1, 0.15) is 25.8 Å². The van der Waals surface area contributed by atoms with Crippen LogP contribution in [0.25, 0.3) is 0 Å². The summed E-state index contributed by atoms with van der Waals surface area (Å²) in [5.41, 5.74) is 0.945. The van der Waals surface area contributed by atoms with Crippen LogP contribution >= 0.6 is 0 Å². The van der Waals surface area contributed by atoms with E-state index >= 15 is 0 Å². The van der Waals surface area contributed by atoms with Crippen molar-refractivity contribution in [2.24, 2.45) is 5.92 Å². The van der Waals surface area contributed by atoms with E-state index in [9.17, 15) is 14.4 Å². The van der Waals surface area contributed by atoms with Crippen LogP contribution in [-0.2, 0) is 20.9 Å². The summed E-state index contributed by atoms with van der Waals surface area (Å²) in [4.78, 5) is 43.8. The Morgan fingerprint density at radius 3 is 2.44 bits per heavy atom. The number of nitrogens with one attached hydrogen (secondary N) is 1. The molecule has 176 valence electrons. The van der Waals surface area contributed by atoms with E-state index in [0.29, 0.717) is 39.2 Å². The molecule has 0 bridgehead atoms. The highest BCUT2D eigenvalue weighted by Crippen LogP contribution is 2.29. The van der Waals surface area contributed by atoms with Crippen molar-refractivity contribution in [2.75, 3.05) is 47.0 Å². The fourth-order valence-corrected chi connectivity index (χ4v) is 4.32. The topological polar surface area (TPSA) is 91.4 Å². The lowest BCUT2D eigenvalue weighted by Crippen LogP contribution is -2.61. The van der Waals surface area contributed by atoms with E-state index in [1.54, 1.807) is 28.9 Å². The maximum atomic E-state index is 13.1. The number of ether oxygens (including phenoxy) is 2. The zero-order chi connectivity index (χ0) is 23.3. The molecule has 1 aromatic carbocycles. The molecule has 2 heterocycles. The summed E-state index contributed by atoms with van der Waals surface area (Å²) in [6, 6.07) is 6.60. The molecule has 0 unspecified atom stereocenters. The Bertz CT molecular complexity index is 813. The average Bonchev–Trinajstić information content (AvgIpc) is 3.08. The van der Waals surface area contributed by atoms with Crippen molar-refractivity contribution in [3.8, 4) is 5.75 Å². The standard InChI is InChI=1S/C23H34N4O5/c1-16(2)11-20-22(29)25(9-10-31-3)13-18-14-26(23(30)27(18)20)15-21(28)24-12-17-5-7-19(32-4)8-6-17/h5-8,16,18,20H,9-15H2,1-4H3,(H,24,28)/t18-,20+/m1/s1. The van der Waals surface area contributed by atoms with Gasteiger partial charge in [-0.1, -0.05) is 26.0 Å².